The summed E-state index contributed by atoms with van der Waals surface area (Å²) in [7, 11) is 0. The van der Waals surface area contributed by atoms with Gasteiger partial charge in [-0.2, -0.15) is 0 Å². The lowest BCUT2D eigenvalue weighted by Gasteiger charge is -2.09. The summed E-state index contributed by atoms with van der Waals surface area (Å²) in [5.41, 5.74) is 0.732. The van der Waals surface area contributed by atoms with Crippen molar-refractivity contribution in [2.45, 2.75) is 6.42 Å². The third kappa shape index (κ3) is 4.67. The van der Waals surface area contributed by atoms with Crippen LogP contribution in [0.25, 0.3) is 0 Å². The van der Waals surface area contributed by atoms with Crippen LogP contribution in [0.15, 0.2) is 30.9 Å². The Morgan fingerprint density at radius 1 is 1.41 bits per heavy atom. The van der Waals surface area contributed by atoms with Crippen molar-refractivity contribution in [3.05, 3.63) is 40.9 Å². The number of hydrogen-bond donors (Lipinski definition) is 2. The highest BCUT2D eigenvalue weighted by Gasteiger charge is 2.04. The van der Waals surface area contributed by atoms with Gasteiger partial charge in [-0.05, 0) is 12.1 Å². The Morgan fingerprint density at radius 2 is 2.18 bits per heavy atom. The Labute approximate surface area is 111 Å². The highest BCUT2D eigenvalue weighted by Crippen LogP contribution is 2.29. The molecule has 1 aromatic carbocycles. The maximum Gasteiger partial charge on any atom is 0.222 e. The Bertz CT molecular complexity index is 407. The van der Waals surface area contributed by atoms with Gasteiger partial charge in [0, 0.05) is 19.5 Å². The second-order valence-corrected chi connectivity index (χ2v) is 4.16. The number of carbonyl (C=O) groups excluding carboxylic acids is 1. The highest BCUT2D eigenvalue weighted by molar-refractivity contribution is 6.43. The molecule has 0 saturated heterocycles. The third-order valence-corrected chi connectivity index (χ3v) is 2.88. The largest absolute Gasteiger partial charge is 0.383 e. The van der Waals surface area contributed by atoms with Gasteiger partial charge in [-0.1, -0.05) is 35.3 Å². The summed E-state index contributed by atoms with van der Waals surface area (Å²) >= 11 is 11.8. The maximum atomic E-state index is 11.3. The molecular weight excluding hydrogens is 259 g/mol. The van der Waals surface area contributed by atoms with Gasteiger partial charge in [0.05, 0.1) is 15.7 Å². The van der Waals surface area contributed by atoms with Crippen molar-refractivity contribution >= 4 is 34.8 Å². The molecule has 5 heteroatoms. The lowest BCUT2D eigenvalue weighted by atomic mass is 10.3. The second-order valence-electron chi connectivity index (χ2n) is 3.37. The van der Waals surface area contributed by atoms with Crippen LogP contribution in [0.2, 0.25) is 10.0 Å². The van der Waals surface area contributed by atoms with Crippen molar-refractivity contribution in [2.75, 3.05) is 18.4 Å². The van der Waals surface area contributed by atoms with Gasteiger partial charge in [0.1, 0.15) is 0 Å². The summed E-state index contributed by atoms with van der Waals surface area (Å²) in [6.45, 7) is 4.51. The molecule has 1 rings (SSSR count). The van der Waals surface area contributed by atoms with Gasteiger partial charge in [-0.25, -0.2) is 0 Å². The molecule has 0 aliphatic rings. The average Bonchev–Trinajstić information content (AvgIpc) is 2.32. The molecule has 17 heavy (non-hydrogen) atoms. The van der Waals surface area contributed by atoms with Crippen molar-refractivity contribution in [2.24, 2.45) is 0 Å². The van der Waals surface area contributed by atoms with Crippen LogP contribution >= 0.6 is 23.2 Å². The number of benzene rings is 1. The topological polar surface area (TPSA) is 41.1 Å². The molecule has 0 heterocycles. The van der Waals surface area contributed by atoms with Gasteiger partial charge < -0.3 is 10.6 Å². The first-order chi connectivity index (χ1) is 8.15. The minimum atomic E-state index is -0.0319. The van der Waals surface area contributed by atoms with E-state index in [4.69, 9.17) is 23.2 Å². The first-order valence-electron chi connectivity index (χ1n) is 5.20. The Kier molecular flexibility index (Phi) is 5.87. The van der Waals surface area contributed by atoms with Crippen LogP contribution in [0.4, 0.5) is 5.69 Å². The van der Waals surface area contributed by atoms with E-state index in [0.29, 0.717) is 29.6 Å². The monoisotopic (exact) mass is 272 g/mol. The fourth-order valence-electron chi connectivity index (χ4n) is 1.23. The zero-order valence-electron chi connectivity index (χ0n) is 9.30. The summed E-state index contributed by atoms with van der Waals surface area (Å²) in [6.07, 6.45) is 2.01. The molecule has 0 spiro atoms. The zero-order chi connectivity index (χ0) is 12.7. The molecule has 2 N–H and O–H groups in total. The molecule has 0 atom stereocenters. The van der Waals surface area contributed by atoms with Crippen LogP contribution in [0, 0.1) is 0 Å². The Balaban J connectivity index is 2.38. The minimum absolute atomic E-state index is 0.0319. The van der Waals surface area contributed by atoms with Gasteiger partial charge in [-0.15, -0.1) is 6.58 Å². The molecule has 0 fully saturated rings. The van der Waals surface area contributed by atoms with E-state index in [1.807, 2.05) is 6.07 Å². The lowest BCUT2D eigenvalue weighted by molar-refractivity contribution is -0.120. The van der Waals surface area contributed by atoms with E-state index in [1.165, 1.54) is 0 Å². The first kappa shape index (κ1) is 13.9. The van der Waals surface area contributed by atoms with Crippen molar-refractivity contribution < 1.29 is 4.79 Å². The highest BCUT2D eigenvalue weighted by atomic mass is 35.5. The van der Waals surface area contributed by atoms with Gasteiger partial charge in [0.25, 0.3) is 0 Å². The molecule has 0 aliphatic carbocycles. The van der Waals surface area contributed by atoms with Crippen molar-refractivity contribution in [3.8, 4) is 0 Å². The zero-order valence-corrected chi connectivity index (χ0v) is 10.8. The number of carbonyl (C=O) groups is 1. The third-order valence-electron chi connectivity index (χ3n) is 2.06. The number of halogens is 2. The van der Waals surface area contributed by atoms with E-state index in [1.54, 1.807) is 18.2 Å². The number of nitrogens with one attached hydrogen (secondary N) is 2. The fourth-order valence-corrected chi connectivity index (χ4v) is 1.59. The molecule has 1 aromatic rings. The molecule has 0 radical (unpaired) electrons. The summed E-state index contributed by atoms with van der Waals surface area (Å²) in [4.78, 5) is 11.3. The molecule has 0 unspecified atom stereocenters. The van der Waals surface area contributed by atoms with E-state index >= 15 is 0 Å². The average molecular weight is 273 g/mol. The van der Waals surface area contributed by atoms with Crippen LogP contribution in [0.1, 0.15) is 6.42 Å². The van der Waals surface area contributed by atoms with E-state index in [2.05, 4.69) is 17.2 Å². The number of hydrogen-bond acceptors (Lipinski definition) is 2. The first-order valence-corrected chi connectivity index (χ1v) is 5.96. The maximum absolute atomic E-state index is 11.3. The number of anilines is 1. The smallest absolute Gasteiger partial charge is 0.222 e. The van der Waals surface area contributed by atoms with Gasteiger partial charge in [0.15, 0.2) is 0 Å². The molecule has 1 amide bonds. The summed E-state index contributed by atoms with van der Waals surface area (Å²) in [5, 5.41) is 6.71. The Hall–Kier alpha value is -1.19. The van der Waals surface area contributed by atoms with Gasteiger partial charge >= 0.3 is 0 Å². The van der Waals surface area contributed by atoms with Crippen LogP contribution in [-0.4, -0.2) is 19.0 Å². The molecule has 0 aromatic heterocycles. The quantitative estimate of drug-likeness (QED) is 0.782. The van der Waals surface area contributed by atoms with Crippen molar-refractivity contribution in [1.82, 2.24) is 5.32 Å². The summed E-state index contributed by atoms with van der Waals surface area (Å²) < 4.78 is 0. The van der Waals surface area contributed by atoms with Crippen LogP contribution in [0.5, 0.6) is 0 Å². The Morgan fingerprint density at radius 3 is 2.88 bits per heavy atom. The minimum Gasteiger partial charge on any atom is -0.383 e. The van der Waals surface area contributed by atoms with E-state index in [-0.39, 0.29) is 5.91 Å². The fraction of sp³-hybridized carbons (Fsp3) is 0.250. The predicted molar refractivity (Wildman–Crippen MR) is 72.8 cm³/mol. The van der Waals surface area contributed by atoms with E-state index in [0.717, 1.165) is 5.69 Å². The SMILES string of the molecule is C=CCNC(=O)CCNc1cccc(Cl)c1Cl. The summed E-state index contributed by atoms with van der Waals surface area (Å²) in [6, 6.07) is 5.33. The number of amides is 1. The number of rotatable bonds is 6. The molecule has 0 saturated carbocycles. The van der Waals surface area contributed by atoms with Crippen molar-refractivity contribution in [1.29, 1.82) is 0 Å². The van der Waals surface area contributed by atoms with Crippen LogP contribution in [-0.2, 0) is 4.79 Å². The predicted octanol–water partition coefficient (Wildman–Crippen LogP) is 3.10. The standard InChI is InChI=1S/C12H14Cl2N2O/c1-2-7-16-11(17)6-8-15-10-5-3-4-9(13)12(10)14/h2-5,15H,1,6-8H2,(H,16,17). The van der Waals surface area contributed by atoms with Gasteiger partial charge in [0.2, 0.25) is 5.91 Å². The van der Waals surface area contributed by atoms with Crippen LogP contribution in [0.3, 0.4) is 0 Å². The molecule has 3 nitrogen and oxygen atoms in total. The second kappa shape index (κ2) is 7.20. The molecule has 0 bridgehead atoms. The molecule has 0 aliphatic heterocycles. The van der Waals surface area contributed by atoms with Crippen LogP contribution < -0.4 is 10.6 Å². The molecule has 92 valence electrons. The van der Waals surface area contributed by atoms with Crippen molar-refractivity contribution in [3.63, 3.8) is 0 Å². The van der Waals surface area contributed by atoms with E-state index < -0.39 is 0 Å². The summed E-state index contributed by atoms with van der Waals surface area (Å²) in [5.74, 6) is -0.0319. The van der Waals surface area contributed by atoms with Gasteiger partial charge in [-0.3, -0.25) is 4.79 Å². The lowest BCUT2D eigenvalue weighted by Crippen LogP contribution is -2.25. The normalized spacial score (nSPS) is 9.76. The van der Waals surface area contributed by atoms with E-state index in [9.17, 15) is 4.79 Å². The molecular formula is C12H14Cl2N2O.